The maximum atomic E-state index is 13.1. The molecule has 0 atom stereocenters. The molecule has 1 nitrogen and oxygen atoms in total. The summed E-state index contributed by atoms with van der Waals surface area (Å²) in [7, 11) is 0. The van der Waals surface area contributed by atoms with E-state index in [0.29, 0.717) is 5.01 Å². The Morgan fingerprint density at radius 1 is 0.840 bits per heavy atom. The molecule has 0 radical (unpaired) electrons. The van der Waals surface area contributed by atoms with Gasteiger partial charge in [0.1, 0.15) is 5.01 Å². The first kappa shape index (κ1) is 15.8. The van der Waals surface area contributed by atoms with Crippen LogP contribution in [0.1, 0.15) is 16.1 Å². The lowest BCUT2D eigenvalue weighted by atomic mass is 10.1. The zero-order valence-electron chi connectivity index (χ0n) is 12.9. The number of fused-ring (bicyclic) bond motifs is 3. The first-order valence-corrected chi connectivity index (χ1v) is 8.46. The van der Waals surface area contributed by atoms with Gasteiger partial charge in [-0.1, -0.05) is 54.6 Å². The van der Waals surface area contributed by atoms with E-state index in [1.807, 2.05) is 36.4 Å². The van der Waals surface area contributed by atoms with Crippen LogP contribution in [-0.4, -0.2) is 4.98 Å². The van der Waals surface area contributed by atoms with Crippen molar-refractivity contribution in [2.24, 2.45) is 0 Å². The fraction of sp³-hybridized carbons (Fsp3) is 0.0500. The molecule has 0 aliphatic heterocycles. The van der Waals surface area contributed by atoms with Crippen LogP contribution < -0.4 is 0 Å². The second-order valence-corrected chi connectivity index (χ2v) is 6.67. The summed E-state index contributed by atoms with van der Waals surface area (Å²) in [5, 5.41) is 2.83. The van der Waals surface area contributed by atoms with E-state index in [4.69, 9.17) is 0 Å². The molecule has 1 aromatic heterocycles. The van der Waals surface area contributed by atoms with Crippen LogP contribution in [-0.2, 0) is 6.18 Å². The smallest absolute Gasteiger partial charge is 0.236 e. The van der Waals surface area contributed by atoms with Crippen LogP contribution >= 0.6 is 11.3 Å². The molecule has 4 aromatic rings. The van der Waals surface area contributed by atoms with Crippen molar-refractivity contribution in [3.05, 3.63) is 76.8 Å². The summed E-state index contributed by atoms with van der Waals surface area (Å²) in [5.74, 6) is 0. The van der Waals surface area contributed by atoms with Gasteiger partial charge in [-0.2, -0.15) is 13.2 Å². The highest BCUT2D eigenvalue weighted by Gasteiger charge is 2.32. The summed E-state index contributed by atoms with van der Waals surface area (Å²) in [6.45, 7) is 0. The molecule has 0 amide bonds. The van der Waals surface area contributed by atoms with E-state index in [0.717, 1.165) is 27.1 Å². The quantitative estimate of drug-likeness (QED) is 0.393. The Hall–Kier alpha value is -2.66. The van der Waals surface area contributed by atoms with Crippen LogP contribution in [0.3, 0.4) is 0 Å². The van der Waals surface area contributed by atoms with Crippen molar-refractivity contribution >= 4 is 44.5 Å². The van der Waals surface area contributed by atoms with Crippen molar-refractivity contribution in [1.82, 2.24) is 4.98 Å². The Morgan fingerprint density at radius 3 is 2.44 bits per heavy atom. The largest absolute Gasteiger partial charge is 0.416 e. The molecule has 0 saturated carbocycles. The topological polar surface area (TPSA) is 12.9 Å². The van der Waals surface area contributed by atoms with Crippen molar-refractivity contribution in [2.75, 3.05) is 0 Å². The average molecular weight is 355 g/mol. The number of nitrogens with zero attached hydrogens (tertiary/aromatic N) is 1. The van der Waals surface area contributed by atoms with Gasteiger partial charge in [0.2, 0.25) is 0 Å². The first-order chi connectivity index (χ1) is 12.0. The Labute approximate surface area is 146 Å². The molecule has 1 heterocycles. The van der Waals surface area contributed by atoms with Gasteiger partial charge < -0.3 is 0 Å². The van der Waals surface area contributed by atoms with Crippen LogP contribution in [0.5, 0.6) is 0 Å². The molecule has 0 aliphatic rings. The number of benzene rings is 3. The van der Waals surface area contributed by atoms with E-state index in [1.54, 1.807) is 12.1 Å². The van der Waals surface area contributed by atoms with Crippen molar-refractivity contribution in [3.8, 4) is 0 Å². The molecule has 0 N–H and O–H groups in total. The number of hydrogen-bond donors (Lipinski definition) is 0. The number of aromatic nitrogens is 1. The fourth-order valence-corrected chi connectivity index (χ4v) is 3.70. The highest BCUT2D eigenvalue weighted by molar-refractivity contribution is 7.19. The molecule has 0 unspecified atom stereocenters. The summed E-state index contributed by atoms with van der Waals surface area (Å²) in [6, 6.07) is 17.5. The summed E-state index contributed by atoms with van der Waals surface area (Å²) in [5.41, 5.74) is 0.379. The number of hydrogen-bond acceptors (Lipinski definition) is 2. The predicted molar refractivity (Wildman–Crippen MR) is 97.5 cm³/mol. The summed E-state index contributed by atoms with van der Waals surface area (Å²) in [6.07, 6.45) is -1.25. The molecule has 124 valence electrons. The Morgan fingerprint density at radius 2 is 1.60 bits per heavy atom. The maximum absolute atomic E-state index is 13.1. The third kappa shape index (κ3) is 3.03. The van der Waals surface area contributed by atoms with E-state index in [1.165, 1.54) is 29.5 Å². The Bertz CT molecular complexity index is 1090. The number of alkyl halides is 3. The minimum absolute atomic E-state index is 0.138. The molecule has 4 rings (SSSR count). The summed E-state index contributed by atoms with van der Waals surface area (Å²) in [4.78, 5) is 4.60. The van der Waals surface area contributed by atoms with Gasteiger partial charge in [0, 0.05) is 5.39 Å². The summed E-state index contributed by atoms with van der Waals surface area (Å²) < 4.78 is 40.2. The highest BCUT2D eigenvalue weighted by Crippen LogP contribution is 2.34. The Balaban J connectivity index is 1.77. The van der Waals surface area contributed by atoms with E-state index >= 15 is 0 Å². The lowest BCUT2D eigenvalue weighted by Crippen LogP contribution is -2.06. The minimum Gasteiger partial charge on any atom is -0.236 e. The van der Waals surface area contributed by atoms with Crippen molar-refractivity contribution in [2.45, 2.75) is 6.18 Å². The van der Waals surface area contributed by atoms with Gasteiger partial charge in [-0.3, -0.25) is 0 Å². The molecule has 3 aromatic carbocycles. The molecular weight excluding hydrogens is 343 g/mol. The molecule has 0 aliphatic carbocycles. The monoisotopic (exact) mass is 355 g/mol. The fourth-order valence-electron chi connectivity index (χ4n) is 2.81. The van der Waals surface area contributed by atoms with Crippen LogP contribution in [0, 0.1) is 0 Å². The van der Waals surface area contributed by atoms with Gasteiger partial charge >= 0.3 is 6.18 Å². The van der Waals surface area contributed by atoms with Crippen LogP contribution in [0.15, 0.2) is 60.7 Å². The lowest BCUT2D eigenvalue weighted by molar-refractivity contribution is -0.137. The first-order valence-electron chi connectivity index (χ1n) is 7.65. The second-order valence-electron chi connectivity index (χ2n) is 5.60. The van der Waals surface area contributed by atoms with Crippen LogP contribution in [0.4, 0.5) is 13.2 Å². The second kappa shape index (κ2) is 6.01. The minimum atomic E-state index is -4.37. The van der Waals surface area contributed by atoms with E-state index in [9.17, 15) is 13.2 Å². The normalized spacial score (nSPS) is 12.4. The molecular formula is C20H12F3NS. The van der Waals surface area contributed by atoms with Crippen molar-refractivity contribution in [3.63, 3.8) is 0 Å². The Kier molecular flexibility index (Phi) is 3.81. The zero-order chi connectivity index (χ0) is 17.4. The van der Waals surface area contributed by atoms with Gasteiger partial charge in [-0.15, -0.1) is 11.3 Å². The number of halogens is 3. The molecule has 0 spiro atoms. The molecule has 0 fully saturated rings. The predicted octanol–water partition coefficient (Wildman–Crippen LogP) is 6.64. The molecule has 25 heavy (non-hydrogen) atoms. The van der Waals surface area contributed by atoms with Gasteiger partial charge in [0.25, 0.3) is 0 Å². The van der Waals surface area contributed by atoms with E-state index in [-0.39, 0.29) is 5.56 Å². The van der Waals surface area contributed by atoms with E-state index < -0.39 is 11.7 Å². The molecule has 5 heteroatoms. The van der Waals surface area contributed by atoms with E-state index in [2.05, 4.69) is 4.98 Å². The third-order valence-electron chi connectivity index (χ3n) is 3.97. The van der Waals surface area contributed by atoms with Crippen LogP contribution in [0.2, 0.25) is 0 Å². The number of thiazole rings is 1. The average Bonchev–Trinajstić information content (AvgIpc) is 3.03. The van der Waals surface area contributed by atoms with Gasteiger partial charge in [-0.25, -0.2) is 4.98 Å². The SMILES string of the molecule is FC(F)(F)c1ccccc1/C=C/c1nc2c(ccc3ccccc32)s1. The van der Waals surface area contributed by atoms with Crippen molar-refractivity contribution in [1.29, 1.82) is 0 Å². The lowest BCUT2D eigenvalue weighted by Gasteiger charge is -2.09. The van der Waals surface area contributed by atoms with Gasteiger partial charge in [0.15, 0.2) is 0 Å². The van der Waals surface area contributed by atoms with Crippen LogP contribution in [0.25, 0.3) is 33.1 Å². The molecule has 0 saturated heterocycles. The third-order valence-corrected chi connectivity index (χ3v) is 4.96. The summed E-state index contributed by atoms with van der Waals surface area (Å²) >= 11 is 1.47. The van der Waals surface area contributed by atoms with Crippen molar-refractivity contribution < 1.29 is 13.2 Å². The maximum Gasteiger partial charge on any atom is 0.416 e. The van der Waals surface area contributed by atoms with Gasteiger partial charge in [-0.05, 0) is 29.2 Å². The van der Waals surface area contributed by atoms with Gasteiger partial charge in [0.05, 0.1) is 15.8 Å². The highest BCUT2D eigenvalue weighted by atomic mass is 32.1. The zero-order valence-corrected chi connectivity index (χ0v) is 13.7. The molecule has 0 bridgehead atoms. The standard InChI is InChI=1S/C20H12F3NS/c21-20(22,23)16-8-4-2-6-14(16)10-12-18-24-19-15-7-3-1-5-13(15)9-11-17(19)25-18/h1-12H/b12-10+. The number of rotatable bonds is 2.